The van der Waals surface area contributed by atoms with Crippen LogP contribution in [-0.4, -0.2) is 5.91 Å². The molecule has 1 fully saturated rings. The number of amides is 1. The SMILES string of the molecule is CC(C)(C)C1CCC(C(=O)Nc2ccc(I)cc2Cl)CC1. The molecule has 0 heterocycles. The first-order valence-electron chi connectivity index (χ1n) is 7.53. The summed E-state index contributed by atoms with van der Waals surface area (Å²) >= 11 is 8.39. The zero-order chi connectivity index (χ0) is 15.6. The highest BCUT2D eigenvalue weighted by atomic mass is 127. The second-order valence-electron chi connectivity index (χ2n) is 7.03. The van der Waals surface area contributed by atoms with Crippen LogP contribution < -0.4 is 5.32 Å². The smallest absolute Gasteiger partial charge is 0.227 e. The van der Waals surface area contributed by atoms with E-state index in [2.05, 4.69) is 48.7 Å². The summed E-state index contributed by atoms with van der Waals surface area (Å²) in [6.45, 7) is 6.89. The van der Waals surface area contributed by atoms with E-state index in [9.17, 15) is 4.79 Å². The molecule has 2 rings (SSSR count). The molecular weight excluding hydrogens is 397 g/mol. The maximum atomic E-state index is 12.4. The van der Waals surface area contributed by atoms with Crippen LogP contribution in [0.1, 0.15) is 46.5 Å². The minimum atomic E-state index is 0.116. The average Bonchev–Trinajstić information content (AvgIpc) is 2.41. The number of anilines is 1. The van der Waals surface area contributed by atoms with Gasteiger partial charge >= 0.3 is 0 Å². The van der Waals surface area contributed by atoms with Gasteiger partial charge in [-0.2, -0.15) is 0 Å². The predicted octanol–water partition coefficient (Wildman–Crippen LogP) is 5.74. The minimum Gasteiger partial charge on any atom is -0.325 e. The van der Waals surface area contributed by atoms with Gasteiger partial charge in [-0.3, -0.25) is 4.79 Å². The van der Waals surface area contributed by atoms with E-state index < -0.39 is 0 Å². The molecule has 1 amide bonds. The van der Waals surface area contributed by atoms with Gasteiger partial charge in [0.1, 0.15) is 0 Å². The molecule has 116 valence electrons. The van der Waals surface area contributed by atoms with Crippen LogP contribution in [0.15, 0.2) is 18.2 Å². The van der Waals surface area contributed by atoms with Gasteiger partial charge in [-0.25, -0.2) is 0 Å². The fourth-order valence-electron chi connectivity index (χ4n) is 3.05. The lowest BCUT2D eigenvalue weighted by molar-refractivity contribution is -0.121. The molecular formula is C17H23ClINO. The van der Waals surface area contributed by atoms with Gasteiger partial charge in [0, 0.05) is 9.49 Å². The molecule has 1 N–H and O–H groups in total. The van der Waals surface area contributed by atoms with Crippen LogP contribution in [0, 0.1) is 20.8 Å². The van der Waals surface area contributed by atoms with Crippen molar-refractivity contribution in [2.45, 2.75) is 46.5 Å². The number of hydrogen-bond donors (Lipinski definition) is 1. The lowest BCUT2D eigenvalue weighted by atomic mass is 9.69. The number of carbonyl (C=O) groups is 1. The first-order valence-corrected chi connectivity index (χ1v) is 8.99. The molecule has 0 bridgehead atoms. The van der Waals surface area contributed by atoms with Gasteiger partial charge in [-0.15, -0.1) is 0 Å². The van der Waals surface area contributed by atoms with Crippen molar-refractivity contribution in [3.8, 4) is 0 Å². The number of rotatable bonds is 2. The second kappa shape index (κ2) is 6.86. The van der Waals surface area contributed by atoms with E-state index in [1.54, 1.807) is 0 Å². The largest absolute Gasteiger partial charge is 0.325 e. The van der Waals surface area contributed by atoms with Gasteiger partial charge < -0.3 is 5.32 Å². The lowest BCUT2D eigenvalue weighted by Gasteiger charge is -2.36. The molecule has 1 aliphatic carbocycles. The van der Waals surface area contributed by atoms with E-state index in [0.29, 0.717) is 10.4 Å². The Morgan fingerprint density at radius 1 is 1.24 bits per heavy atom. The number of benzene rings is 1. The quantitative estimate of drug-likeness (QED) is 0.609. The number of nitrogens with one attached hydrogen (secondary N) is 1. The Labute approximate surface area is 146 Å². The number of carbonyl (C=O) groups excluding carboxylic acids is 1. The van der Waals surface area contributed by atoms with Crippen LogP contribution in [0.5, 0.6) is 0 Å². The molecule has 1 aliphatic rings. The number of halogens is 2. The monoisotopic (exact) mass is 419 g/mol. The van der Waals surface area contributed by atoms with E-state index >= 15 is 0 Å². The molecule has 21 heavy (non-hydrogen) atoms. The summed E-state index contributed by atoms with van der Waals surface area (Å²) in [5.41, 5.74) is 1.07. The van der Waals surface area contributed by atoms with Gasteiger partial charge in [0.05, 0.1) is 10.7 Å². The van der Waals surface area contributed by atoms with Crippen molar-refractivity contribution in [2.24, 2.45) is 17.3 Å². The molecule has 1 saturated carbocycles. The van der Waals surface area contributed by atoms with Crippen molar-refractivity contribution in [1.29, 1.82) is 0 Å². The molecule has 0 atom stereocenters. The predicted molar refractivity (Wildman–Crippen MR) is 97.7 cm³/mol. The molecule has 1 aromatic rings. The lowest BCUT2D eigenvalue weighted by Crippen LogP contribution is -2.31. The summed E-state index contributed by atoms with van der Waals surface area (Å²) in [6.07, 6.45) is 4.25. The molecule has 0 aliphatic heterocycles. The van der Waals surface area contributed by atoms with E-state index in [1.807, 2.05) is 18.2 Å². The van der Waals surface area contributed by atoms with Crippen molar-refractivity contribution in [3.05, 3.63) is 26.8 Å². The van der Waals surface area contributed by atoms with Crippen LogP contribution in [0.2, 0.25) is 5.02 Å². The van der Waals surface area contributed by atoms with E-state index in [-0.39, 0.29) is 11.8 Å². The fraction of sp³-hybridized carbons (Fsp3) is 0.588. The first-order chi connectivity index (χ1) is 9.77. The van der Waals surface area contributed by atoms with Gasteiger partial charge in [-0.05, 0) is 77.8 Å². The van der Waals surface area contributed by atoms with Crippen LogP contribution in [0.25, 0.3) is 0 Å². The summed E-state index contributed by atoms with van der Waals surface area (Å²) < 4.78 is 1.07. The van der Waals surface area contributed by atoms with Crippen molar-refractivity contribution < 1.29 is 4.79 Å². The Balaban J connectivity index is 1.93. The molecule has 2 nitrogen and oxygen atoms in total. The van der Waals surface area contributed by atoms with Gasteiger partial charge in [0.25, 0.3) is 0 Å². The third-order valence-corrected chi connectivity index (χ3v) is 5.50. The van der Waals surface area contributed by atoms with Crippen molar-refractivity contribution in [3.63, 3.8) is 0 Å². The first kappa shape index (κ1) is 17.1. The maximum Gasteiger partial charge on any atom is 0.227 e. The average molecular weight is 420 g/mol. The summed E-state index contributed by atoms with van der Waals surface area (Å²) in [5, 5.41) is 3.60. The molecule has 0 aromatic heterocycles. The van der Waals surface area contributed by atoms with Crippen LogP contribution in [-0.2, 0) is 4.79 Å². The standard InChI is InChI=1S/C17H23ClINO/c1-17(2,3)12-6-4-11(5-7-12)16(21)20-15-9-8-13(19)10-14(15)18/h8-12H,4-7H2,1-3H3,(H,20,21). The zero-order valence-electron chi connectivity index (χ0n) is 12.9. The summed E-state index contributed by atoms with van der Waals surface area (Å²) in [6, 6.07) is 5.70. The van der Waals surface area contributed by atoms with Gasteiger partial charge in [-0.1, -0.05) is 32.4 Å². The fourth-order valence-corrected chi connectivity index (χ4v) is 3.95. The maximum absolute atomic E-state index is 12.4. The Morgan fingerprint density at radius 2 is 1.86 bits per heavy atom. The van der Waals surface area contributed by atoms with Crippen molar-refractivity contribution >= 4 is 45.8 Å². The molecule has 0 spiro atoms. The summed E-state index contributed by atoms with van der Waals surface area (Å²) in [5.74, 6) is 0.966. The Bertz CT molecular complexity index is 516. The van der Waals surface area contributed by atoms with E-state index in [4.69, 9.17) is 11.6 Å². The third kappa shape index (κ3) is 4.59. The molecule has 0 saturated heterocycles. The number of hydrogen-bond acceptors (Lipinski definition) is 1. The Morgan fingerprint density at radius 3 is 2.38 bits per heavy atom. The van der Waals surface area contributed by atoms with Gasteiger partial charge in [0.15, 0.2) is 0 Å². The Hall–Kier alpha value is -0.290. The van der Waals surface area contributed by atoms with Crippen LogP contribution in [0.3, 0.4) is 0 Å². The highest BCUT2D eigenvalue weighted by molar-refractivity contribution is 14.1. The van der Waals surface area contributed by atoms with Crippen LogP contribution in [0.4, 0.5) is 5.69 Å². The van der Waals surface area contributed by atoms with Crippen LogP contribution >= 0.6 is 34.2 Å². The normalized spacial score (nSPS) is 22.9. The van der Waals surface area contributed by atoms with Gasteiger partial charge in [0.2, 0.25) is 5.91 Å². The highest BCUT2D eigenvalue weighted by Gasteiger charge is 2.32. The minimum absolute atomic E-state index is 0.116. The zero-order valence-corrected chi connectivity index (χ0v) is 15.8. The van der Waals surface area contributed by atoms with Crippen molar-refractivity contribution in [2.75, 3.05) is 5.32 Å². The Kier molecular flexibility index (Phi) is 5.58. The van der Waals surface area contributed by atoms with Crippen molar-refractivity contribution in [1.82, 2.24) is 0 Å². The summed E-state index contributed by atoms with van der Waals surface area (Å²) in [4.78, 5) is 12.4. The molecule has 0 unspecified atom stereocenters. The van der Waals surface area contributed by atoms with E-state index in [1.165, 1.54) is 0 Å². The third-order valence-electron chi connectivity index (χ3n) is 4.51. The summed E-state index contributed by atoms with van der Waals surface area (Å²) in [7, 11) is 0. The molecule has 4 heteroatoms. The highest BCUT2D eigenvalue weighted by Crippen LogP contribution is 2.40. The molecule has 1 aromatic carbocycles. The second-order valence-corrected chi connectivity index (χ2v) is 8.68. The van der Waals surface area contributed by atoms with E-state index in [0.717, 1.165) is 40.9 Å². The topological polar surface area (TPSA) is 29.1 Å². The molecule has 0 radical (unpaired) electrons.